The summed E-state index contributed by atoms with van der Waals surface area (Å²) >= 11 is 1.92. The van der Waals surface area contributed by atoms with E-state index in [0.29, 0.717) is 12.0 Å². The monoisotopic (exact) mass is 254 g/mol. The lowest BCUT2D eigenvalue weighted by atomic mass is 9.86. The summed E-state index contributed by atoms with van der Waals surface area (Å²) < 4.78 is 5.36. The van der Waals surface area contributed by atoms with Crippen molar-refractivity contribution in [2.75, 3.05) is 0 Å². The summed E-state index contributed by atoms with van der Waals surface area (Å²) in [6.07, 6.45) is 3.45. The number of hydrogen-bond donors (Lipinski definition) is 0. The Balaban J connectivity index is 2.28. The summed E-state index contributed by atoms with van der Waals surface area (Å²) in [6.45, 7) is 4.67. The Morgan fingerprint density at radius 2 is 2.00 bits per heavy atom. The van der Waals surface area contributed by atoms with E-state index in [1.165, 1.54) is 32.3 Å². The van der Waals surface area contributed by atoms with Crippen molar-refractivity contribution in [3.05, 3.63) is 42.1 Å². The van der Waals surface area contributed by atoms with E-state index in [1.54, 1.807) is 0 Å². The van der Waals surface area contributed by atoms with Crippen molar-refractivity contribution in [2.45, 2.75) is 32.2 Å². The lowest BCUT2D eigenvalue weighted by molar-refractivity contribution is -0.702. The maximum atomic E-state index is 2.51. The highest BCUT2D eigenvalue weighted by Crippen LogP contribution is 2.43. The van der Waals surface area contributed by atoms with Gasteiger partial charge < -0.3 is 0 Å². The molecule has 0 saturated carbocycles. The van der Waals surface area contributed by atoms with Crippen LogP contribution in [0.5, 0.6) is 0 Å². The lowest BCUT2D eigenvalue weighted by Crippen LogP contribution is -2.44. The zero-order chi connectivity index (χ0) is 12.3. The molecule has 2 atom stereocenters. The van der Waals surface area contributed by atoms with Crippen molar-refractivity contribution in [1.82, 2.24) is 0 Å². The van der Waals surface area contributed by atoms with Gasteiger partial charge in [-0.3, -0.25) is 0 Å². The van der Waals surface area contributed by atoms with Crippen LogP contribution in [0.3, 0.4) is 0 Å². The van der Waals surface area contributed by atoms with Crippen LogP contribution in [-0.2, 0) is 0 Å². The molecular weight excluding hydrogens is 238 g/mol. The Morgan fingerprint density at radius 3 is 2.83 bits per heavy atom. The third-order valence-corrected chi connectivity index (χ3v) is 5.45. The first-order valence-electron chi connectivity index (χ1n) is 6.66. The van der Waals surface area contributed by atoms with Gasteiger partial charge in [0.25, 0.3) is 0 Å². The molecule has 2 heteroatoms. The zero-order valence-electron chi connectivity index (χ0n) is 10.7. The average molecular weight is 254 g/mol. The van der Waals surface area contributed by atoms with Gasteiger partial charge in [-0.1, -0.05) is 26.0 Å². The molecule has 0 saturated heterocycles. The van der Waals surface area contributed by atoms with Gasteiger partial charge in [-0.25, -0.2) is 0 Å². The molecular formula is C16H16NS+. The van der Waals surface area contributed by atoms with Crippen LogP contribution >= 0.6 is 11.3 Å². The predicted octanol–water partition coefficient (Wildman–Crippen LogP) is 4.41. The van der Waals surface area contributed by atoms with Crippen LogP contribution in [0.25, 0.3) is 20.3 Å². The molecule has 2 aromatic heterocycles. The number of thiophene rings is 1. The van der Waals surface area contributed by atoms with E-state index in [2.05, 4.69) is 54.9 Å². The van der Waals surface area contributed by atoms with Crippen LogP contribution in [-0.4, -0.2) is 0 Å². The standard InChI is InChI=1S/C16H16NS/c1-3-12-10(2)11-6-4-7-13-15(11)16-14(18-13)8-5-9-17(12)16/h4-10,12H,3H2,1-2H3/q+1. The van der Waals surface area contributed by atoms with E-state index < -0.39 is 0 Å². The molecule has 0 radical (unpaired) electrons. The first kappa shape index (κ1) is 10.5. The molecule has 0 amide bonds. The molecule has 0 bridgehead atoms. The molecule has 0 spiro atoms. The van der Waals surface area contributed by atoms with Gasteiger partial charge in [-0.05, 0) is 17.7 Å². The van der Waals surface area contributed by atoms with E-state index in [0.717, 1.165) is 0 Å². The highest BCUT2D eigenvalue weighted by atomic mass is 32.1. The molecule has 0 fully saturated rings. The highest BCUT2D eigenvalue weighted by Gasteiger charge is 2.35. The van der Waals surface area contributed by atoms with E-state index in [9.17, 15) is 0 Å². The van der Waals surface area contributed by atoms with Gasteiger partial charge in [0, 0.05) is 23.1 Å². The summed E-state index contributed by atoms with van der Waals surface area (Å²) in [5.41, 5.74) is 3.00. The molecule has 0 N–H and O–H groups in total. The third-order valence-electron chi connectivity index (χ3n) is 4.34. The fourth-order valence-electron chi connectivity index (χ4n) is 3.50. The van der Waals surface area contributed by atoms with Crippen molar-refractivity contribution in [3.8, 4) is 0 Å². The molecule has 3 aromatic rings. The van der Waals surface area contributed by atoms with Crippen molar-refractivity contribution < 1.29 is 4.57 Å². The van der Waals surface area contributed by atoms with Gasteiger partial charge in [0.15, 0.2) is 12.2 Å². The second-order valence-corrected chi connectivity index (χ2v) is 6.30. The topological polar surface area (TPSA) is 3.88 Å². The fraction of sp³-hybridized carbons (Fsp3) is 0.312. The molecule has 90 valence electrons. The van der Waals surface area contributed by atoms with Crippen LogP contribution in [0, 0.1) is 0 Å². The predicted molar refractivity (Wildman–Crippen MR) is 77.3 cm³/mol. The maximum absolute atomic E-state index is 2.51. The second kappa shape index (κ2) is 3.55. The minimum atomic E-state index is 0.599. The molecule has 1 aliphatic rings. The highest BCUT2D eigenvalue weighted by molar-refractivity contribution is 7.25. The van der Waals surface area contributed by atoms with Gasteiger partial charge >= 0.3 is 0 Å². The largest absolute Gasteiger partial charge is 0.231 e. The molecule has 1 aliphatic heterocycles. The molecule has 2 unspecified atom stereocenters. The summed E-state index contributed by atoms with van der Waals surface area (Å²) in [5.74, 6) is 0.608. The van der Waals surface area contributed by atoms with E-state index >= 15 is 0 Å². The molecule has 1 nitrogen and oxygen atoms in total. The minimum absolute atomic E-state index is 0.599. The smallest absolute Gasteiger partial charge is 0.194 e. The van der Waals surface area contributed by atoms with Crippen LogP contribution in [0.4, 0.5) is 0 Å². The fourth-order valence-corrected chi connectivity index (χ4v) is 4.65. The van der Waals surface area contributed by atoms with Crippen molar-refractivity contribution >= 4 is 31.6 Å². The number of pyridine rings is 1. The third kappa shape index (κ3) is 1.14. The summed E-state index contributed by atoms with van der Waals surface area (Å²) in [4.78, 5) is 0. The summed E-state index contributed by atoms with van der Waals surface area (Å²) in [6, 6.07) is 11.8. The summed E-state index contributed by atoms with van der Waals surface area (Å²) in [7, 11) is 0. The molecule has 3 heterocycles. The second-order valence-electron chi connectivity index (χ2n) is 5.22. The number of aromatic nitrogens is 1. The van der Waals surface area contributed by atoms with Crippen molar-refractivity contribution in [2.24, 2.45) is 0 Å². The molecule has 1 aromatic carbocycles. The van der Waals surface area contributed by atoms with Gasteiger partial charge in [-0.2, -0.15) is 4.57 Å². The molecule has 18 heavy (non-hydrogen) atoms. The van der Waals surface area contributed by atoms with E-state index in [1.807, 2.05) is 11.3 Å². The summed E-state index contributed by atoms with van der Waals surface area (Å²) in [5, 5.41) is 1.50. The van der Waals surface area contributed by atoms with Crippen molar-refractivity contribution in [1.29, 1.82) is 0 Å². The maximum Gasteiger partial charge on any atom is 0.231 e. The Hall–Kier alpha value is -1.41. The molecule has 4 rings (SSSR count). The number of benzene rings is 1. The van der Waals surface area contributed by atoms with Gasteiger partial charge in [0.1, 0.15) is 4.70 Å². The number of rotatable bonds is 1. The Morgan fingerprint density at radius 1 is 1.17 bits per heavy atom. The van der Waals surface area contributed by atoms with Crippen LogP contribution < -0.4 is 4.57 Å². The first-order valence-corrected chi connectivity index (χ1v) is 7.48. The van der Waals surface area contributed by atoms with Crippen molar-refractivity contribution in [3.63, 3.8) is 0 Å². The Bertz CT molecular complexity index is 756. The number of hydrogen-bond acceptors (Lipinski definition) is 1. The quantitative estimate of drug-likeness (QED) is 0.566. The van der Waals surface area contributed by atoms with Crippen LogP contribution in [0.2, 0.25) is 0 Å². The van der Waals surface area contributed by atoms with Crippen LogP contribution in [0.15, 0.2) is 36.5 Å². The SMILES string of the molecule is CCC1C(C)c2cccc3sc4ccc[n+]1c4c23. The average Bonchev–Trinajstić information content (AvgIpc) is 2.77. The Labute approximate surface area is 111 Å². The Kier molecular flexibility index (Phi) is 2.07. The van der Waals surface area contributed by atoms with Gasteiger partial charge in [-0.15, -0.1) is 11.3 Å². The minimum Gasteiger partial charge on any atom is -0.194 e. The number of nitrogens with zero attached hydrogens (tertiary/aromatic N) is 1. The molecule has 0 aliphatic carbocycles. The zero-order valence-corrected chi connectivity index (χ0v) is 11.5. The van der Waals surface area contributed by atoms with E-state index in [-0.39, 0.29) is 0 Å². The normalized spacial score (nSPS) is 22.1. The lowest BCUT2D eigenvalue weighted by Gasteiger charge is -2.23. The van der Waals surface area contributed by atoms with Gasteiger partial charge in [0.05, 0.1) is 5.39 Å². The van der Waals surface area contributed by atoms with Gasteiger partial charge in [0.2, 0.25) is 5.52 Å². The van der Waals surface area contributed by atoms with Crippen LogP contribution in [0.1, 0.15) is 37.8 Å². The first-order chi connectivity index (χ1) is 8.81. The van der Waals surface area contributed by atoms with E-state index in [4.69, 9.17) is 0 Å².